The van der Waals surface area contributed by atoms with Crippen LogP contribution in [0.5, 0.6) is 5.75 Å². The van der Waals surface area contributed by atoms with Gasteiger partial charge in [0.2, 0.25) is 0 Å². The number of ether oxygens (including phenoxy) is 3. The molecule has 1 amide bonds. The number of amides is 1. The summed E-state index contributed by atoms with van der Waals surface area (Å²) in [6, 6.07) is 24.6. The van der Waals surface area contributed by atoms with E-state index < -0.39 is 11.9 Å². The molecule has 36 heavy (non-hydrogen) atoms. The zero-order valence-corrected chi connectivity index (χ0v) is 19.6. The number of methoxy groups -OCH3 is 2. The van der Waals surface area contributed by atoms with Crippen molar-refractivity contribution in [2.75, 3.05) is 26.1 Å². The highest BCUT2D eigenvalue weighted by atomic mass is 16.5. The van der Waals surface area contributed by atoms with E-state index in [2.05, 4.69) is 10.4 Å². The maximum Gasteiger partial charge on any atom is 0.357 e. The quantitative estimate of drug-likeness (QED) is 0.374. The van der Waals surface area contributed by atoms with Gasteiger partial charge in [-0.3, -0.25) is 4.79 Å². The van der Waals surface area contributed by atoms with Crippen LogP contribution < -0.4 is 10.1 Å². The first kappa shape index (κ1) is 24.2. The Bertz CT molecular complexity index is 1380. The van der Waals surface area contributed by atoms with Crippen molar-refractivity contribution in [2.24, 2.45) is 0 Å². The van der Waals surface area contributed by atoms with Gasteiger partial charge in [0.1, 0.15) is 17.0 Å². The van der Waals surface area contributed by atoms with Crippen LogP contribution in [-0.4, -0.2) is 48.5 Å². The van der Waals surface area contributed by atoms with Crippen molar-refractivity contribution in [3.63, 3.8) is 0 Å². The number of para-hydroxylation sites is 3. The predicted molar refractivity (Wildman–Crippen MR) is 132 cm³/mol. The number of carbonyl (C=O) groups is 3. The number of rotatable bonds is 8. The van der Waals surface area contributed by atoms with Crippen LogP contribution in [0.25, 0.3) is 16.9 Å². The number of esters is 2. The lowest BCUT2D eigenvalue weighted by Crippen LogP contribution is -2.20. The Morgan fingerprint density at radius 2 is 1.42 bits per heavy atom. The third-order valence-electron chi connectivity index (χ3n) is 5.21. The number of anilines is 1. The van der Waals surface area contributed by atoms with Crippen LogP contribution in [0.1, 0.15) is 20.8 Å². The average molecular weight is 485 g/mol. The third kappa shape index (κ3) is 5.10. The Morgan fingerprint density at radius 3 is 2.08 bits per heavy atom. The van der Waals surface area contributed by atoms with Gasteiger partial charge in [-0.1, -0.05) is 48.5 Å². The van der Waals surface area contributed by atoms with Crippen molar-refractivity contribution in [1.29, 1.82) is 0 Å². The molecule has 0 radical (unpaired) electrons. The standard InChI is InChI=1S/C27H23N3O6/c1-34-26(32)23-24(29-30(25(23)27(33)35-2)19-13-7-4-8-14-19)20-15-9-10-16-21(20)36-17-22(31)28-18-11-5-3-6-12-18/h3-16H,17H2,1-2H3,(H,28,31). The van der Waals surface area contributed by atoms with Crippen LogP contribution in [0.15, 0.2) is 84.9 Å². The zero-order chi connectivity index (χ0) is 25.5. The summed E-state index contributed by atoms with van der Waals surface area (Å²) in [5, 5.41) is 7.33. The molecule has 0 aliphatic rings. The second-order valence-corrected chi connectivity index (χ2v) is 7.50. The molecule has 4 aromatic rings. The number of hydrogen-bond donors (Lipinski definition) is 1. The van der Waals surface area contributed by atoms with Crippen LogP contribution in [0, 0.1) is 0 Å². The highest BCUT2D eigenvalue weighted by molar-refractivity contribution is 6.07. The molecule has 0 saturated carbocycles. The van der Waals surface area contributed by atoms with E-state index in [4.69, 9.17) is 14.2 Å². The Kier molecular flexibility index (Phi) is 7.40. The summed E-state index contributed by atoms with van der Waals surface area (Å²) in [6.07, 6.45) is 0. The summed E-state index contributed by atoms with van der Waals surface area (Å²) in [4.78, 5) is 38.1. The molecule has 9 nitrogen and oxygen atoms in total. The molecule has 1 heterocycles. The lowest BCUT2D eigenvalue weighted by molar-refractivity contribution is -0.118. The smallest absolute Gasteiger partial charge is 0.357 e. The lowest BCUT2D eigenvalue weighted by Gasteiger charge is -2.11. The van der Waals surface area contributed by atoms with E-state index in [1.165, 1.54) is 18.9 Å². The van der Waals surface area contributed by atoms with Crippen LogP contribution in [0.4, 0.5) is 5.69 Å². The number of carbonyl (C=O) groups excluding carboxylic acids is 3. The van der Waals surface area contributed by atoms with E-state index >= 15 is 0 Å². The van der Waals surface area contributed by atoms with Gasteiger partial charge in [-0.2, -0.15) is 5.10 Å². The molecule has 4 rings (SSSR count). The first-order valence-corrected chi connectivity index (χ1v) is 11.0. The molecule has 0 spiro atoms. The van der Waals surface area contributed by atoms with E-state index in [-0.39, 0.29) is 29.5 Å². The Balaban J connectivity index is 1.76. The number of nitrogens with zero attached hydrogens (tertiary/aromatic N) is 2. The minimum absolute atomic E-state index is 0.0852. The van der Waals surface area contributed by atoms with Crippen molar-refractivity contribution in [3.8, 4) is 22.7 Å². The van der Waals surface area contributed by atoms with Crippen molar-refractivity contribution < 1.29 is 28.6 Å². The molecule has 0 fully saturated rings. The molecule has 0 aliphatic carbocycles. The van der Waals surface area contributed by atoms with Crippen LogP contribution in [0.2, 0.25) is 0 Å². The van der Waals surface area contributed by atoms with Crippen molar-refractivity contribution in [1.82, 2.24) is 9.78 Å². The van der Waals surface area contributed by atoms with Gasteiger partial charge in [0, 0.05) is 11.3 Å². The highest BCUT2D eigenvalue weighted by Gasteiger charge is 2.32. The minimum atomic E-state index is -0.774. The molecule has 1 aromatic heterocycles. The number of hydrogen-bond acceptors (Lipinski definition) is 7. The Morgan fingerprint density at radius 1 is 0.806 bits per heavy atom. The largest absolute Gasteiger partial charge is 0.483 e. The third-order valence-corrected chi connectivity index (χ3v) is 5.21. The van der Waals surface area contributed by atoms with Crippen molar-refractivity contribution >= 4 is 23.5 Å². The molecule has 0 bridgehead atoms. The normalized spacial score (nSPS) is 10.4. The minimum Gasteiger partial charge on any atom is -0.483 e. The first-order chi connectivity index (χ1) is 17.5. The summed E-state index contributed by atoms with van der Waals surface area (Å²) in [6.45, 7) is -0.289. The maximum absolute atomic E-state index is 12.9. The van der Waals surface area contributed by atoms with Gasteiger partial charge in [-0.05, 0) is 36.4 Å². The van der Waals surface area contributed by atoms with E-state index in [0.717, 1.165) is 0 Å². The fourth-order valence-electron chi connectivity index (χ4n) is 3.59. The second-order valence-electron chi connectivity index (χ2n) is 7.50. The Labute approximate surface area is 207 Å². The fraction of sp³-hybridized carbons (Fsp3) is 0.111. The summed E-state index contributed by atoms with van der Waals surface area (Å²) < 4.78 is 17.1. The van der Waals surface area contributed by atoms with Crippen LogP contribution >= 0.6 is 0 Å². The molecule has 0 atom stereocenters. The molecule has 182 valence electrons. The number of nitrogens with one attached hydrogen (secondary N) is 1. The lowest BCUT2D eigenvalue weighted by atomic mass is 10.0. The molecule has 3 aromatic carbocycles. The number of benzene rings is 3. The van der Waals surface area contributed by atoms with Crippen molar-refractivity contribution in [2.45, 2.75) is 0 Å². The van der Waals surface area contributed by atoms with Gasteiger partial charge < -0.3 is 19.5 Å². The van der Waals surface area contributed by atoms with E-state index in [0.29, 0.717) is 22.7 Å². The van der Waals surface area contributed by atoms with Crippen LogP contribution in [-0.2, 0) is 14.3 Å². The molecule has 0 aliphatic heterocycles. The topological polar surface area (TPSA) is 109 Å². The van der Waals surface area contributed by atoms with Gasteiger partial charge in [0.05, 0.1) is 19.9 Å². The first-order valence-electron chi connectivity index (χ1n) is 11.0. The summed E-state index contributed by atoms with van der Waals surface area (Å²) >= 11 is 0. The van der Waals surface area contributed by atoms with Gasteiger partial charge >= 0.3 is 11.9 Å². The second kappa shape index (κ2) is 11.0. The van der Waals surface area contributed by atoms with Crippen LogP contribution in [0.3, 0.4) is 0 Å². The molecule has 9 heteroatoms. The van der Waals surface area contributed by atoms with Crippen molar-refractivity contribution in [3.05, 3.63) is 96.2 Å². The van der Waals surface area contributed by atoms with E-state index in [1.807, 2.05) is 24.3 Å². The molecular formula is C27H23N3O6. The molecule has 0 saturated heterocycles. The van der Waals surface area contributed by atoms with Gasteiger partial charge in [0.15, 0.2) is 12.3 Å². The highest BCUT2D eigenvalue weighted by Crippen LogP contribution is 2.35. The average Bonchev–Trinajstić information content (AvgIpc) is 3.33. The summed E-state index contributed by atoms with van der Waals surface area (Å²) in [7, 11) is 2.43. The SMILES string of the molecule is COC(=O)c1c(-c2ccccc2OCC(=O)Nc2ccccc2)nn(-c2ccccc2)c1C(=O)OC. The monoisotopic (exact) mass is 485 g/mol. The predicted octanol–water partition coefficient (Wildman–Crippen LogP) is 4.13. The molecule has 0 unspecified atom stereocenters. The Hall–Kier alpha value is -4.92. The van der Waals surface area contributed by atoms with Gasteiger partial charge in [0.25, 0.3) is 5.91 Å². The zero-order valence-electron chi connectivity index (χ0n) is 19.6. The summed E-state index contributed by atoms with van der Waals surface area (Å²) in [5.74, 6) is -1.61. The fourth-order valence-corrected chi connectivity index (χ4v) is 3.59. The van der Waals surface area contributed by atoms with Gasteiger partial charge in [-0.25, -0.2) is 14.3 Å². The summed E-state index contributed by atoms with van der Waals surface area (Å²) in [5.41, 5.74) is 1.53. The number of aromatic nitrogens is 2. The molecular weight excluding hydrogens is 462 g/mol. The van der Waals surface area contributed by atoms with E-state index in [1.54, 1.807) is 60.7 Å². The maximum atomic E-state index is 12.9. The molecule has 1 N–H and O–H groups in total. The van der Waals surface area contributed by atoms with Gasteiger partial charge in [-0.15, -0.1) is 0 Å². The van der Waals surface area contributed by atoms with E-state index in [9.17, 15) is 14.4 Å².